The van der Waals surface area contributed by atoms with E-state index in [4.69, 9.17) is 4.74 Å². The van der Waals surface area contributed by atoms with Gasteiger partial charge in [0.15, 0.2) is 0 Å². The van der Waals surface area contributed by atoms with E-state index < -0.39 is 0 Å². The van der Waals surface area contributed by atoms with Crippen molar-refractivity contribution in [1.29, 1.82) is 0 Å². The van der Waals surface area contributed by atoms with Crippen molar-refractivity contribution < 1.29 is 4.74 Å². The third-order valence-electron chi connectivity index (χ3n) is 3.14. The molecule has 0 aliphatic heterocycles. The van der Waals surface area contributed by atoms with Gasteiger partial charge in [-0.15, -0.1) is 0 Å². The monoisotopic (exact) mass is 235 g/mol. The van der Waals surface area contributed by atoms with Gasteiger partial charge < -0.3 is 10.1 Å². The van der Waals surface area contributed by atoms with Gasteiger partial charge in [-0.3, -0.25) is 0 Å². The molecule has 2 heteroatoms. The van der Waals surface area contributed by atoms with E-state index >= 15 is 0 Å². The summed E-state index contributed by atoms with van der Waals surface area (Å²) in [5, 5.41) is 3.33. The summed E-state index contributed by atoms with van der Waals surface area (Å²) in [4.78, 5) is 0. The fraction of sp³-hybridized carbons (Fsp3) is 0.600. The van der Waals surface area contributed by atoms with Gasteiger partial charge in [0.1, 0.15) is 0 Å². The molecule has 0 saturated heterocycles. The second-order valence-corrected chi connectivity index (χ2v) is 5.49. The highest BCUT2D eigenvalue weighted by atomic mass is 16.5. The van der Waals surface area contributed by atoms with E-state index in [0.717, 1.165) is 13.0 Å². The lowest BCUT2D eigenvalue weighted by atomic mass is 9.86. The molecular formula is C15H25NO. The van der Waals surface area contributed by atoms with E-state index in [1.165, 1.54) is 11.1 Å². The Bertz CT molecular complexity index is 324. The molecule has 0 bridgehead atoms. The maximum atomic E-state index is 5.13. The molecule has 96 valence electrons. The number of rotatable bonds is 5. The summed E-state index contributed by atoms with van der Waals surface area (Å²) in [6.07, 6.45) is 1.00. The first-order chi connectivity index (χ1) is 7.99. The molecule has 0 radical (unpaired) electrons. The van der Waals surface area contributed by atoms with Crippen LogP contribution in [0, 0.1) is 0 Å². The maximum absolute atomic E-state index is 5.13. The van der Waals surface area contributed by atoms with Crippen LogP contribution in [0.4, 0.5) is 0 Å². The lowest BCUT2D eigenvalue weighted by Crippen LogP contribution is -2.18. The standard InChI is InChI=1S/C15H25NO/c1-15(2,3)13-8-6-12(7-9-13)14(16-4)10-11-17-5/h6-9,14,16H,10-11H2,1-5H3. The van der Waals surface area contributed by atoms with Gasteiger partial charge in [-0.1, -0.05) is 45.0 Å². The van der Waals surface area contributed by atoms with Crippen LogP contribution in [0.3, 0.4) is 0 Å². The summed E-state index contributed by atoms with van der Waals surface area (Å²) in [7, 11) is 3.74. The highest BCUT2D eigenvalue weighted by Crippen LogP contribution is 2.24. The van der Waals surface area contributed by atoms with Crippen LogP contribution in [-0.2, 0) is 10.2 Å². The number of benzene rings is 1. The first kappa shape index (κ1) is 14.2. The third-order valence-corrected chi connectivity index (χ3v) is 3.14. The van der Waals surface area contributed by atoms with Crippen molar-refractivity contribution in [3.63, 3.8) is 0 Å². The van der Waals surface area contributed by atoms with E-state index in [0.29, 0.717) is 6.04 Å². The Hall–Kier alpha value is -0.860. The van der Waals surface area contributed by atoms with Crippen LogP contribution in [-0.4, -0.2) is 20.8 Å². The molecule has 1 N–H and O–H groups in total. The molecule has 0 aromatic heterocycles. The molecule has 17 heavy (non-hydrogen) atoms. The lowest BCUT2D eigenvalue weighted by molar-refractivity contribution is 0.184. The number of nitrogens with one attached hydrogen (secondary N) is 1. The summed E-state index contributed by atoms with van der Waals surface area (Å²) in [6, 6.07) is 9.28. The van der Waals surface area contributed by atoms with Crippen molar-refractivity contribution in [1.82, 2.24) is 5.32 Å². The molecule has 0 fully saturated rings. The van der Waals surface area contributed by atoms with Crippen molar-refractivity contribution in [2.24, 2.45) is 0 Å². The number of ether oxygens (including phenoxy) is 1. The molecule has 1 atom stereocenters. The van der Waals surface area contributed by atoms with Gasteiger partial charge in [-0.2, -0.15) is 0 Å². The topological polar surface area (TPSA) is 21.3 Å². The average molecular weight is 235 g/mol. The Kier molecular flexibility index (Phi) is 5.16. The van der Waals surface area contributed by atoms with Crippen LogP contribution in [0.5, 0.6) is 0 Å². The molecule has 1 unspecified atom stereocenters. The van der Waals surface area contributed by atoms with Crippen molar-refractivity contribution in [3.05, 3.63) is 35.4 Å². The minimum Gasteiger partial charge on any atom is -0.385 e. The summed E-state index contributed by atoms with van der Waals surface area (Å²) < 4.78 is 5.13. The average Bonchev–Trinajstić information content (AvgIpc) is 2.29. The molecule has 1 rings (SSSR count). The van der Waals surface area contributed by atoms with Crippen LogP contribution in [0.1, 0.15) is 44.4 Å². The zero-order valence-electron chi connectivity index (χ0n) is 11.7. The minimum absolute atomic E-state index is 0.222. The largest absolute Gasteiger partial charge is 0.385 e. The Morgan fingerprint density at radius 1 is 1.18 bits per heavy atom. The molecule has 2 nitrogen and oxygen atoms in total. The Morgan fingerprint density at radius 2 is 1.76 bits per heavy atom. The van der Waals surface area contributed by atoms with Gasteiger partial charge in [0.2, 0.25) is 0 Å². The highest BCUT2D eigenvalue weighted by Gasteiger charge is 2.14. The van der Waals surface area contributed by atoms with E-state index in [1.807, 2.05) is 7.05 Å². The SMILES string of the molecule is CNC(CCOC)c1ccc(C(C)(C)C)cc1. The van der Waals surface area contributed by atoms with Crippen molar-refractivity contribution in [2.45, 2.75) is 38.6 Å². The third kappa shape index (κ3) is 4.14. The summed E-state index contributed by atoms with van der Waals surface area (Å²) in [5.41, 5.74) is 2.93. The normalized spacial score (nSPS) is 13.7. The fourth-order valence-electron chi connectivity index (χ4n) is 1.93. The van der Waals surface area contributed by atoms with E-state index in [9.17, 15) is 0 Å². The smallest absolute Gasteiger partial charge is 0.0480 e. The van der Waals surface area contributed by atoms with E-state index in [2.05, 4.69) is 50.4 Å². The molecule has 1 aromatic carbocycles. The van der Waals surface area contributed by atoms with Crippen LogP contribution in [0.15, 0.2) is 24.3 Å². The molecule has 0 saturated carbocycles. The second-order valence-electron chi connectivity index (χ2n) is 5.49. The molecule has 0 aliphatic rings. The predicted molar refractivity (Wildman–Crippen MR) is 73.4 cm³/mol. The van der Waals surface area contributed by atoms with Crippen molar-refractivity contribution >= 4 is 0 Å². The second kappa shape index (κ2) is 6.18. The van der Waals surface area contributed by atoms with Crippen molar-refractivity contribution in [3.8, 4) is 0 Å². The summed E-state index contributed by atoms with van der Waals surface area (Å²) in [6.45, 7) is 7.50. The van der Waals surface area contributed by atoms with Crippen molar-refractivity contribution in [2.75, 3.05) is 20.8 Å². The molecule has 1 aromatic rings. The highest BCUT2D eigenvalue weighted by molar-refractivity contribution is 5.29. The molecule has 0 amide bonds. The minimum atomic E-state index is 0.222. The Morgan fingerprint density at radius 3 is 2.18 bits per heavy atom. The molecule has 0 spiro atoms. The van der Waals surface area contributed by atoms with Crippen LogP contribution in [0.25, 0.3) is 0 Å². The van der Waals surface area contributed by atoms with Gasteiger partial charge >= 0.3 is 0 Å². The van der Waals surface area contributed by atoms with Crippen LogP contribution < -0.4 is 5.32 Å². The van der Waals surface area contributed by atoms with Crippen LogP contribution >= 0.6 is 0 Å². The van der Waals surface area contributed by atoms with Gasteiger partial charge in [-0.25, -0.2) is 0 Å². The summed E-state index contributed by atoms with van der Waals surface area (Å²) in [5.74, 6) is 0. The zero-order chi connectivity index (χ0) is 12.9. The Labute approximate surface area is 105 Å². The lowest BCUT2D eigenvalue weighted by Gasteiger charge is -2.21. The van der Waals surface area contributed by atoms with E-state index in [-0.39, 0.29) is 5.41 Å². The fourth-order valence-corrected chi connectivity index (χ4v) is 1.93. The predicted octanol–water partition coefficient (Wildman–Crippen LogP) is 3.28. The molecule has 0 heterocycles. The molecule has 0 aliphatic carbocycles. The number of methoxy groups -OCH3 is 1. The molecular weight excluding hydrogens is 210 g/mol. The number of hydrogen-bond acceptors (Lipinski definition) is 2. The number of hydrogen-bond donors (Lipinski definition) is 1. The first-order valence-corrected chi connectivity index (χ1v) is 6.25. The van der Waals surface area contributed by atoms with Crippen LogP contribution in [0.2, 0.25) is 0 Å². The van der Waals surface area contributed by atoms with E-state index in [1.54, 1.807) is 7.11 Å². The van der Waals surface area contributed by atoms with Gasteiger partial charge in [0.05, 0.1) is 0 Å². The maximum Gasteiger partial charge on any atom is 0.0480 e. The van der Waals surface area contributed by atoms with Gasteiger partial charge in [-0.05, 0) is 30.0 Å². The van der Waals surface area contributed by atoms with Gasteiger partial charge in [0.25, 0.3) is 0 Å². The summed E-state index contributed by atoms with van der Waals surface area (Å²) >= 11 is 0. The van der Waals surface area contributed by atoms with Gasteiger partial charge in [0, 0.05) is 19.8 Å². The quantitative estimate of drug-likeness (QED) is 0.845. The zero-order valence-corrected chi connectivity index (χ0v) is 11.7. The Balaban J connectivity index is 2.78. The first-order valence-electron chi connectivity index (χ1n) is 6.25.